The highest BCUT2D eigenvalue weighted by atomic mass is 16.6. The number of ketones is 1. The molecule has 1 aliphatic carbocycles. The van der Waals surface area contributed by atoms with Gasteiger partial charge in [0.2, 0.25) is 5.78 Å². The highest BCUT2D eigenvalue weighted by Gasteiger charge is 2.33. The summed E-state index contributed by atoms with van der Waals surface area (Å²) in [6.45, 7) is 3.85. The first-order valence-corrected chi connectivity index (χ1v) is 12.8. The molecule has 2 heterocycles. The molecule has 1 saturated heterocycles. The van der Waals surface area contributed by atoms with Crippen molar-refractivity contribution in [3.05, 3.63) is 30.2 Å². The van der Waals surface area contributed by atoms with Crippen LogP contribution in [0.4, 0.5) is 4.79 Å². The third-order valence-electron chi connectivity index (χ3n) is 6.81. The van der Waals surface area contributed by atoms with Gasteiger partial charge in [-0.2, -0.15) is 0 Å². The summed E-state index contributed by atoms with van der Waals surface area (Å²) in [5, 5.41) is 2.68. The number of ether oxygens (including phenoxy) is 2. The van der Waals surface area contributed by atoms with Crippen molar-refractivity contribution in [3.8, 4) is 0 Å². The first kappa shape index (κ1) is 25.2. The lowest BCUT2D eigenvalue weighted by Crippen LogP contribution is -2.49. The van der Waals surface area contributed by atoms with Gasteiger partial charge in [-0.25, -0.2) is 9.78 Å². The van der Waals surface area contributed by atoms with Gasteiger partial charge >= 0.3 is 6.09 Å². The number of rotatable bonds is 9. The fourth-order valence-corrected chi connectivity index (χ4v) is 4.90. The smallest absolute Gasteiger partial charge is 0.408 e. The Bertz CT molecular complexity index is 976. The van der Waals surface area contributed by atoms with Crippen LogP contribution < -0.4 is 5.32 Å². The van der Waals surface area contributed by atoms with E-state index in [1.165, 1.54) is 6.42 Å². The Balaban J connectivity index is 1.44. The molecule has 0 unspecified atom stereocenters. The lowest BCUT2D eigenvalue weighted by Gasteiger charge is -2.32. The molecular formula is C26H35N3O6. The summed E-state index contributed by atoms with van der Waals surface area (Å²) in [6, 6.07) is 6.27. The number of morpholine rings is 1. The van der Waals surface area contributed by atoms with Gasteiger partial charge in [0, 0.05) is 13.1 Å². The Morgan fingerprint density at radius 2 is 1.89 bits per heavy atom. The molecule has 4 rings (SSSR count). The van der Waals surface area contributed by atoms with E-state index in [0.29, 0.717) is 62.6 Å². The molecule has 0 radical (unpaired) electrons. The van der Waals surface area contributed by atoms with Crippen LogP contribution in [0.15, 0.2) is 28.7 Å². The maximum absolute atomic E-state index is 13.2. The van der Waals surface area contributed by atoms with Gasteiger partial charge in [0.05, 0.1) is 13.2 Å². The van der Waals surface area contributed by atoms with Gasteiger partial charge in [-0.1, -0.05) is 57.6 Å². The summed E-state index contributed by atoms with van der Waals surface area (Å²) in [4.78, 5) is 45.3. The molecule has 1 aliphatic heterocycles. The van der Waals surface area contributed by atoms with Gasteiger partial charge in [0.25, 0.3) is 11.8 Å². The van der Waals surface area contributed by atoms with E-state index in [-0.39, 0.29) is 11.8 Å². The number of hydrogen-bond donors (Lipinski definition) is 1. The molecule has 2 fully saturated rings. The highest BCUT2D eigenvalue weighted by molar-refractivity contribution is 5.99. The molecule has 2 amide bonds. The van der Waals surface area contributed by atoms with Crippen molar-refractivity contribution in [3.63, 3.8) is 0 Å². The second-order valence-electron chi connectivity index (χ2n) is 9.41. The number of alkyl carbamates (subject to hydrolysis) is 1. The summed E-state index contributed by atoms with van der Waals surface area (Å²) < 4.78 is 16.7. The van der Waals surface area contributed by atoms with Crippen LogP contribution in [0, 0.1) is 5.92 Å². The van der Waals surface area contributed by atoms with Crippen molar-refractivity contribution in [1.29, 1.82) is 0 Å². The maximum atomic E-state index is 13.2. The van der Waals surface area contributed by atoms with Gasteiger partial charge in [-0.3, -0.25) is 9.59 Å². The molecule has 1 N–H and O–H groups in total. The fraction of sp³-hybridized carbons (Fsp3) is 0.615. The number of aromatic nitrogens is 1. The SMILES string of the molecule is CCC[C@H](NC(=O)O[C@@H](CC1CCCCC1)C(=O)N1CCOCC1)C(=O)c1nc2ccccc2o1. The van der Waals surface area contributed by atoms with Crippen molar-refractivity contribution in [2.45, 2.75) is 70.4 Å². The number of nitrogens with one attached hydrogen (secondary N) is 1. The minimum absolute atomic E-state index is 0.0481. The Kier molecular flexibility index (Phi) is 8.74. The van der Waals surface area contributed by atoms with E-state index in [0.717, 1.165) is 25.7 Å². The number of hydrogen-bond acceptors (Lipinski definition) is 7. The summed E-state index contributed by atoms with van der Waals surface area (Å²) in [5.74, 6) is -0.304. The molecule has 1 aromatic carbocycles. The number of Topliss-reactive ketones (excluding diaryl/α,β-unsaturated/α-hetero) is 1. The lowest BCUT2D eigenvalue weighted by atomic mass is 9.85. The average Bonchev–Trinajstić information content (AvgIpc) is 3.33. The molecular weight excluding hydrogens is 450 g/mol. The van der Waals surface area contributed by atoms with Crippen LogP contribution in [0.5, 0.6) is 0 Å². The number of carbonyl (C=O) groups is 3. The number of fused-ring (bicyclic) bond motifs is 1. The first-order valence-electron chi connectivity index (χ1n) is 12.8. The van der Waals surface area contributed by atoms with Crippen LogP contribution in [-0.4, -0.2) is 66.1 Å². The summed E-state index contributed by atoms with van der Waals surface area (Å²) >= 11 is 0. The zero-order valence-electron chi connectivity index (χ0n) is 20.4. The fourth-order valence-electron chi connectivity index (χ4n) is 4.90. The molecule has 35 heavy (non-hydrogen) atoms. The molecule has 2 aromatic rings. The largest absolute Gasteiger partial charge is 0.436 e. The summed E-state index contributed by atoms with van der Waals surface area (Å²) in [5.41, 5.74) is 1.09. The van der Waals surface area contributed by atoms with Gasteiger partial charge in [-0.15, -0.1) is 0 Å². The van der Waals surface area contributed by atoms with Gasteiger partial charge in [0.1, 0.15) is 11.6 Å². The van der Waals surface area contributed by atoms with Crippen LogP contribution in [0.1, 0.15) is 69.0 Å². The number of oxazole rings is 1. The van der Waals surface area contributed by atoms with E-state index in [4.69, 9.17) is 13.9 Å². The van der Waals surface area contributed by atoms with Gasteiger partial charge in [-0.05, 0) is 30.9 Å². The predicted octanol–water partition coefficient (Wildman–Crippen LogP) is 4.10. The minimum atomic E-state index is -0.877. The molecule has 9 heteroatoms. The van der Waals surface area contributed by atoms with Gasteiger partial charge < -0.3 is 24.1 Å². The van der Waals surface area contributed by atoms with Gasteiger partial charge in [0.15, 0.2) is 11.7 Å². The lowest BCUT2D eigenvalue weighted by molar-refractivity contribution is -0.145. The summed E-state index contributed by atoms with van der Waals surface area (Å²) in [6.07, 6.45) is 5.46. The van der Waals surface area contributed by atoms with E-state index in [1.807, 2.05) is 13.0 Å². The minimum Gasteiger partial charge on any atom is -0.436 e. The zero-order valence-corrected chi connectivity index (χ0v) is 20.4. The monoisotopic (exact) mass is 485 g/mol. The third-order valence-corrected chi connectivity index (χ3v) is 6.81. The van der Waals surface area contributed by atoms with E-state index < -0.39 is 24.0 Å². The molecule has 0 bridgehead atoms. The van der Waals surface area contributed by atoms with Crippen molar-refractivity contribution >= 4 is 28.9 Å². The van der Waals surface area contributed by atoms with Crippen LogP contribution in [0.25, 0.3) is 11.1 Å². The number of amides is 2. The standard InChI is InChI=1S/C26H35N3O6/c1-2-8-20(23(30)24-27-19-11-6-7-12-21(19)34-24)28-26(32)35-22(17-18-9-4-3-5-10-18)25(31)29-13-15-33-16-14-29/h6-7,11-12,18,20,22H,2-5,8-10,13-17H2,1H3,(H,28,32)/t20-,22-/m0/s1. The Morgan fingerprint density at radius 1 is 1.14 bits per heavy atom. The quantitative estimate of drug-likeness (QED) is 0.532. The van der Waals surface area contributed by atoms with E-state index in [9.17, 15) is 14.4 Å². The molecule has 1 saturated carbocycles. The Hall–Kier alpha value is -2.94. The number of nitrogens with zero attached hydrogens (tertiary/aromatic N) is 2. The van der Waals surface area contributed by atoms with Crippen molar-refractivity contribution in [1.82, 2.24) is 15.2 Å². The van der Waals surface area contributed by atoms with E-state index >= 15 is 0 Å². The molecule has 2 atom stereocenters. The second-order valence-corrected chi connectivity index (χ2v) is 9.41. The first-order chi connectivity index (χ1) is 17.0. The van der Waals surface area contributed by atoms with Crippen molar-refractivity contribution < 1.29 is 28.3 Å². The average molecular weight is 486 g/mol. The second kappa shape index (κ2) is 12.2. The zero-order chi connectivity index (χ0) is 24.6. The molecule has 1 aromatic heterocycles. The Morgan fingerprint density at radius 3 is 2.60 bits per heavy atom. The van der Waals surface area contributed by atoms with Crippen LogP contribution >= 0.6 is 0 Å². The van der Waals surface area contributed by atoms with Crippen LogP contribution in [-0.2, 0) is 14.3 Å². The predicted molar refractivity (Wildman–Crippen MR) is 129 cm³/mol. The van der Waals surface area contributed by atoms with Crippen LogP contribution in [0.2, 0.25) is 0 Å². The molecule has 190 valence electrons. The molecule has 9 nitrogen and oxygen atoms in total. The normalized spacial score (nSPS) is 18.7. The number of benzene rings is 1. The van der Waals surface area contributed by atoms with E-state index in [1.54, 1.807) is 23.1 Å². The van der Waals surface area contributed by atoms with Crippen LogP contribution in [0.3, 0.4) is 0 Å². The van der Waals surface area contributed by atoms with Crippen molar-refractivity contribution in [2.75, 3.05) is 26.3 Å². The molecule has 0 spiro atoms. The van der Waals surface area contributed by atoms with E-state index in [2.05, 4.69) is 10.3 Å². The summed E-state index contributed by atoms with van der Waals surface area (Å²) in [7, 11) is 0. The third kappa shape index (κ3) is 6.60. The Labute approximate surface area is 205 Å². The number of carbonyl (C=O) groups excluding carboxylic acids is 3. The number of para-hydroxylation sites is 2. The topological polar surface area (TPSA) is 111 Å². The van der Waals surface area contributed by atoms with Crippen molar-refractivity contribution in [2.24, 2.45) is 5.92 Å². The highest BCUT2D eigenvalue weighted by Crippen LogP contribution is 2.29. The maximum Gasteiger partial charge on any atom is 0.408 e. The molecule has 2 aliphatic rings.